The van der Waals surface area contributed by atoms with Crippen LogP contribution < -0.4 is 19.5 Å². The number of rotatable bonds is 20. The van der Waals surface area contributed by atoms with Crippen molar-refractivity contribution in [2.75, 3.05) is 40.4 Å². The third-order valence-electron chi connectivity index (χ3n) is 8.27. The molecule has 1 amide bonds. The minimum Gasteiger partial charge on any atom is -0.493 e. The van der Waals surface area contributed by atoms with Gasteiger partial charge in [0.15, 0.2) is 11.5 Å². The summed E-state index contributed by atoms with van der Waals surface area (Å²) in [7, 11) is 3.30. The number of carbonyl (C=O) groups excluding carboxylic acids is 1. The van der Waals surface area contributed by atoms with Crippen LogP contribution in [0, 0.1) is 0 Å². The number of nitrogens with one attached hydrogen (secondary N) is 1. The standard InChI is InChI=1S/C38H50N4O4S/c1-6-41(7-2)22-11-12-29(3)39-38(43)34-28-47-37(40-34)26-42(23-21-30-17-20-35(44-4)36(24-30)45-5)25-31-15-18-33(19-16-31)46-27-32-13-9-8-10-14-32/h8-10,13-20,24,28-29H,6-7,11-12,21-23,25-27H2,1-5H3,(H,39,43). The van der Waals surface area contributed by atoms with Gasteiger partial charge in [-0.1, -0.05) is 62.4 Å². The molecule has 0 aliphatic heterocycles. The van der Waals surface area contributed by atoms with E-state index in [0.717, 1.165) is 85.4 Å². The van der Waals surface area contributed by atoms with Gasteiger partial charge in [0.1, 0.15) is 23.1 Å². The molecule has 0 bridgehead atoms. The van der Waals surface area contributed by atoms with Crippen molar-refractivity contribution in [3.63, 3.8) is 0 Å². The topological polar surface area (TPSA) is 76.2 Å². The Morgan fingerprint density at radius 3 is 2.28 bits per heavy atom. The van der Waals surface area contributed by atoms with Crippen molar-refractivity contribution in [3.8, 4) is 17.2 Å². The second-order valence-corrected chi connectivity index (χ2v) is 12.7. The average Bonchev–Trinajstić information content (AvgIpc) is 3.57. The van der Waals surface area contributed by atoms with Gasteiger partial charge < -0.3 is 24.4 Å². The first-order valence-corrected chi connectivity index (χ1v) is 17.4. The summed E-state index contributed by atoms with van der Waals surface area (Å²) < 4.78 is 17.0. The fourth-order valence-electron chi connectivity index (χ4n) is 5.44. The maximum atomic E-state index is 13.0. The minimum absolute atomic E-state index is 0.0980. The third-order valence-corrected chi connectivity index (χ3v) is 9.10. The summed E-state index contributed by atoms with van der Waals surface area (Å²) in [5, 5.41) is 5.93. The molecule has 0 spiro atoms. The van der Waals surface area contributed by atoms with E-state index in [1.165, 1.54) is 16.9 Å². The molecular formula is C38H50N4O4S. The Kier molecular flexibility index (Phi) is 14.5. The minimum atomic E-state index is -0.106. The lowest BCUT2D eigenvalue weighted by Gasteiger charge is -2.22. The normalized spacial score (nSPS) is 11.9. The van der Waals surface area contributed by atoms with Crippen molar-refractivity contribution in [1.29, 1.82) is 0 Å². The molecule has 0 saturated heterocycles. The maximum Gasteiger partial charge on any atom is 0.270 e. The highest BCUT2D eigenvalue weighted by molar-refractivity contribution is 7.09. The Hall–Kier alpha value is -3.92. The Labute approximate surface area is 284 Å². The van der Waals surface area contributed by atoms with Crippen LogP contribution in [0.1, 0.15) is 65.8 Å². The van der Waals surface area contributed by atoms with E-state index < -0.39 is 0 Å². The monoisotopic (exact) mass is 658 g/mol. The number of ether oxygens (including phenoxy) is 3. The number of nitrogens with zero attached hydrogens (tertiary/aromatic N) is 3. The number of hydrogen-bond donors (Lipinski definition) is 1. The van der Waals surface area contributed by atoms with E-state index in [-0.39, 0.29) is 11.9 Å². The molecule has 9 heteroatoms. The van der Waals surface area contributed by atoms with Crippen molar-refractivity contribution in [2.24, 2.45) is 0 Å². The van der Waals surface area contributed by atoms with Crippen molar-refractivity contribution in [1.82, 2.24) is 20.1 Å². The smallest absolute Gasteiger partial charge is 0.270 e. The molecule has 1 aromatic heterocycles. The van der Waals surface area contributed by atoms with Gasteiger partial charge in [0.25, 0.3) is 5.91 Å². The van der Waals surface area contributed by atoms with Crippen LogP contribution in [0.5, 0.6) is 17.2 Å². The molecule has 4 aromatic rings. The molecule has 1 atom stereocenters. The molecule has 1 unspecified atom stereocenters. The van der Waals surface area contributed by atoms with Gasteiger partial charge in [-0.25, -0.2) is 4.98 Å². The molecular weight excluding hydrogens is 609 g/mol. The summed E-state index contributed by atoms with van der Waals surface area (Å²) in [5.41, 5.74) is 3.96. The first kappa shape index (κ1) is 35.9. The highest BCUT2D eigenvalue weighted by Crippen LogP contribution is 2.28. The zero-order valence-electron chi connectivity index (χ0n) is 28.5. The van der Waals surface area contributed by atoms with E-state index in [9.17, 15) is 4.79 Å². The average molecular weight is 659 g/mol. The first-order chi connectivity index (χ1) is 22.9. The zero-order chi connectivity index (χ0) is 33.4. The predicted octanol–water partition coefficient (Wildman–Crippen LogP) is 7.22. The maximum absolute atomic E-state index is 13.0. The van der Waals surface area contributed by atoms with E-state index in [1.54, 1.807) is 14.2 Å². The van der Waals surface area contributed by atoms with Crippen LogP contribution in [0.4, 0.5) is 0 Å². The number of benzene rings is 3. The summed E-state index contributed by atoms with van der Waals surface area (Å²) in [6.45, 7) is 12.3. The number of aromatic nitrogens is 1. The van der Waals surface area contributed by atoms with Crippen molar-refractivity contribution >= 4 is 17.2 Å². The van der Waals surface area contributed by atoms with Gasteiger partial charge in [0.2, 0.25) is 0 Å². The number of methoxy groups -OCH3 is 2. The highest BCUT2D eigenvalue weighted by atomic mass is 32.1. The van der Waals surface area contributed by atoms with Gasteiger partial charge in [-0.15, -0.1) is 11.3 Å². The molecule has 1 N–H and O–H groups in total. The summed E-state index contributed by atoms with van der Waals surface area (Å²) in [5.74, 6) is 2.17. The van der Waals surface area contributed by atoms with Crippen LogP contribution in [0.25, 0.3) is 0 Å². The fourth-order valence-corrected chi connectivity index (χ4v) is 6.25. The molecule has 3 aromatic carbocycles. The Morgan fingerprint density at radius 2 is 1.57 bits per heavy atom. The molecule has 8 nitrogen and oxygen atoms in total. The molecule has 0 saturated carbocycles. The summed E-state index contributed by atoms with van der Waals surface area (Å²) >= 11 is 1.53. The SMILES string of the molecule is CCN(CC)CCCC(C)NC(=O)c1csc(CN(CCc2ccc(OC)c(OC)c2)Cc2ccc(OCc3ccccc3)cc2)n1. The van der Waals surface area contributed by atoms with E-state index in [4.69, 9.17) is 19.2 Å². The van der Waals surface area contributed by atoms with Gasteiger partial charge in [-0.3, -0.25) is 9.69 Å². The van der Waals surface area contributed by atoms with E-state index >= 15 is 0 Å². The molecule has 0 aliphatic rings. The van der Waals surface area contributed by atoms with Gasteiger partial charge in [0.05, 0.1) is 20.8 Å². The zero-order valence-corrected chi connectivity index (χ0v) is 29.4. The third kappa shape index (κ3) is 11.7. The van der Waals surface area contributed by atoms with Crippen molar-refractivity contribution < 1.29 is 19.0 Å². The summed E-state index contributed by atoms with van der Waals surface area (Å²) in [6.07, 6.45) is 2.82. The number of thiazole rings is 1. The lowest BCUT2D eigenvalue weighted by molar-refractivity contribution is 0.0932. The van der Waals surface area contributed by atoms with Crippen LogP contribution in [0.3, 0.4) is 0 Å². The second kappa shape index (κ2) is 19.0. The predicted molar refractivity (Wildman–Crippen MR) is 191 cm³/mol. The van der Waals surface area contributed by atoms with E-state index in [0.29, 0.717) is 18.8 Å². The second-order valence-electron chi connectivity index (χ2n) is 11.7. The van der Waals surface area contributed by atoms with Crippen LogP contribution in [-0.2, 0) is 26.1 Å². The van der Waals surface area contributed by atoms with Crippen molar-refractivity contribution in [2.45, 2.75) is 65.8 Å². The fraction of sp³-hybridized carbons (Fsp3) is 0.421. The lowest BCUT2D eigenvalue weighted by Crippen LogP contribution is -2.34. The first-order valence-electron chi connectivity index (χ1n) is 16.6. The lowest BCUT2D eigenvalue weighted by atomic mass is 10.1. The van der Waals surface area contributed by atoms with Crippen LogP contribution >= 0.6 is 11.3 Å². The molecule has 1 heterocycles. The molecule has 252 valence electrons. The van der Waals surface area contributed by atoms with Crippen LogP contribution in [0.2, 0.25) is 0 Å². The van der Waals surface area contributed by atoms with E-state index in [2.05, 4.69) is 66.2 Å². The number of hydrogen-bond acceptors (Lipinski definition) is 8. The van der Waals surface area contributed by atoms with Gasteiger partial charge in [-0.05, 0) is 86.8 Å². The Bertz CT molecular complexity index is 1490. The molecule has 0 aliphatic carbocycles. The molecule has 0 fully saturated rings. The number of carbonyl (C=O) groups is 1. The highest BCUT2D eigenvalue weighted by Gasteiger charge is 2.17. The van der Waals surface area contributed by atoms with E-state index in [1.807, 2.05) is 47.8 Å². The largest absolute Gasteiger partial charge is 0.493 e. The van der Waals surface area contributed by atoms with Gasteiger partial charge in [0, 0.05) is 24.5 Å². The van der Waals surface area contributed by atoms with Gasteiger partial charge in [-0.2, -0.15) is 0 Å². The van der Waals surface area contributed by atoms with Crippen LogP contribution in [0.15, 0.2) is 78.2 Å². The van der Waals surface area contributed by atoms with Crippen molar-refractivity contribution in [3.05, 3.63) is 106 Å². The molecule has 4 rings (SSSR count). The summed E-state index contributed by atoms with van der Waals surface area (Å²) in [4.78, 5) is 22.6. The van der Waals surface area contributed by atoms with Gasteiger partial charge >= 0.3 is 0 Å². The van der Waals surface area contributed by atoms with Crippen LogP contribution in [-0.4, -0.2) is 67.1 Å². The Balaban J connectivity index is 1.39. The molecule has 47 heavy (non-hydrogen) atoms. The molecule has 0 radical (unpaired) electrons. The Morgan fingerprint density at radius 1 is 0.851 bits per heavy atom. The summed E-state index contributed by atoms with van der Waals surface area (Å²) in [6, 6.07) is 24.6. The number of amides is 1. The quantitative estimate of drug-likeness (QED) is 0.107.